The number of amides is 3. The number of carbonyl (C=O) groups excluding carboxylic acids is 2. The van der Waals surface area contributed by atoms with Crippen LogP contribution < -0.4 is 14.8 Å². The summed E-state index contributed by atoms with van der Waals surface area (Å²) in [5.74, 6) is -0.0212. The average molecular weight is 405 g/mol. The van der Waals surface area contributed by atoms with Gasteiger partial charge in [-0.25, -0.2) is 9.18 Å². The van der Waals surface area contributed by atoms with Crippen LogP contribution in [0.1, 0.15) is 18.1 Å². The number of carbonyl (C=O) groups is 2. The maximum atomic E-state index is 13.0. The van der Waals surface area contributed by atoms with E-state index in [0.29, 0.717) is 23.7 Å². The molecule has 1 fully saturated rings. The Balaban J connectivity index is 1.86. The van der Waals surface area contributed by atoms with Gasteiger partial charge in [-0.2, -0.15) is 0 Å². The molecule has 0 radical (unpaired) electrons. The summed E-state index contributed by atoms with van der Waals surface area (Å²) < 4.78 is 24.4. The number of halogens is 2. The molecule has 1 heterocycles. The summed E-state index contributed by atoms with van der Waals surface area (Å²) in [4.78, 5) is 24.6. The first-order chi connectivity index (χ1) is 13.4. The lowest BCUT2D eigenvalue weighted by atomic mass is 10.1. The van der Waals surface area contributed by atoms with Crippen LogP contribution in [0.5, 0.6) is 11.5 Å². The number of imide groups is 1. The van der Waals surface area contributed by atoms with E-state index in [-0.39, 0.29) is 23.1 Å². The van der Waals surface area contributed by atoms with Crippen molar-refractivity contribution in [3.63, 3.8) is 0 Å². The number of hydrogen-bond donors (Lipinski definition) is 1. The lowest BCUT2D eigenvalue weighted by Gasteiger charge is -2.15. The minimum Gasteiger partial charge on any atom is -0.490 e. The second-order valence-electron chi connectivity index (χ2n) is 6.03. The molecule has 0 aliphatic carbocycles. The molecule has 0 bridgehead atoms. The highest BCUT2D eigenvalue weighted by Crippen LogP contribution is 2.38. The summed E-state index contributed by atoms with van der Waals surface area (Å²) >= 11 is 6.36. The van der Waals surface area contributed by atoms with Crippen LogP contribution in [-0.2, 0) is 11.4 Å². The van der Waals surface area contributed by atoms with Crippen molar-refractivity contribution in [3.8, 4) is 11.5 Å². The van der Waals surface area contributed by atoms with E-state index in [2.05, 4.69) is 5.32 Å². The highest BCUT2D eigenvalue weighted by atomic mass is 35.5. The molecule has 0 atom stereocenters. The van der Waals surface area contributed by atoms with Crippen LogP contribution in [0, 0.1) is 5.82 Å². The number of ether oxygens (including phenoxy) is 2. The van der Waals surface area contributed by atoms with Crippen LogP contribution in [0.15, 0.2) is 42.1 Å². The summed E-state index contributed by atoms with van der Waals surface area (Å²) in [7, 11) is 1.39. The third-order valence-electron chi connectivity index (χ3n) is 4.02. The topological polar surface area (TPSA) is 67.9 Å². The molecular formula is C20H18ClFN2O4. The van der Waals surface area contributed by atoms with E-state index in [1.165, 1.54) is 25.3 Å². The predicted molar refractivity (Wildman–Crippen MR) is 103 cm³/mol. The lowest BCUT2D eigenvalue weighted by molar-refractivity contribution is -0.121. The number of benzene rings is 2. The highest BCUT2D eigenvalue weighted by molar-refractivity contribution is 6.32. The van der Waals surface area contributed by atoms with Crippen LogP contribution >= 0.6 is 11.6 Å². The second-order valence-corrected chi connectivity index (χ2v) is 6.44. The van der Waals surface area contributed by atoms with Crippen molar-refractivity contribution in [2.75, 3.05) is 13.7 Å². The summed E-state index contributed by atoms with van der Waals surface area (Å²) in [6.07, 6.45) is 1.52. The first-order valence-corrected chi connectivity index (χ1v) is 8.91. The number of nitrogens with zero attached hydrogens (tertiary/aromatic N) is 1. The van der Waals surface area contributed by atoms with Crippen molar-refractivity contribution in [2.24, 2.45) is 0 Å². The fourth-order valence-electron chi connectivity index (χ4n) is 2.60. The molecule has 146 valence electrons. The van der Waals surface area contributed by atoms with Crippen molar-refractivity contribution in [1.29, 1.82) is 0 Å². The van der Waals surface area contributed by atoms with E-state index in [1.807, 2.05) is 6.92 Å². The molecule has 2 aromatic rings. The molecule has 2 aromatic carbocycles. The molecule has 1 saturated heterocycles. The van der Waals surface area contributed by atoms with E-state index >= 15 is 0 Å². The average Bonchev–Trinajstić information content (AvgIpc) is 2.89. The quantitative estimate of drug-likeness (QED) is 0.584. The largest absolute Gasteiger partial charge is 0.490 e. The van der Waals surface area contributed by atoms with Gasteiger partial charge >= 0.3 is 6.03 Å². The molecule has 0 unspecified atom stereocenters. The molecule has 0 aromatic heterocycles. The summed E-state index contributed by atoms with van der Waals surface area (Å²) in [5.41, 5.74) is 1.49. The Hall–Kier alpha value is -3.06. The summed E-state index contributed by atoms with van der Waals surface area (Å²) in [5, 5.41) is 2.77. The number of likely N-dealkylation sites (N-methyl/N-ethyl adjacent to an activating group) is 1. The van der Waals surface area contributed by atoms with Gasteiger partial charge < -0.3 is 14.8 Å². The summed E-state index contributed by atoms with van der Waals surface area (Å²) in [6.45, 7) is 2.37. The molecular weight excluding hydrogens is 387 g/mol. The molecule has 8 heteroatoms. The second kappa shape index (κ2) is 8.31. The van der Waals surface area contributed by atoms with Gasteiger partial charge in [0.15, 0.2) is 11.5 Å². The molecule has 28 heavy (non-hydrogen) atoms. The van der Waals surface area contributed by atoms with Gasteiger partial charge in [0.2, 0.25) is 0 Å². The molecule has 0 saturated carbocycles. The minimum absolute atomic E-state index is 0.144. The van der Waals surface area contributed by atoms with Crippen LogP contribution in [0.3, 0.4) is 0 Å². The monoisotopic (exact) mass is 404 g/mol. The zero-order valence-corrected chi connectivity index (χ0v) is 16.0. The van der Waals surface area contributed by atoms with Gasteiger partial charge in [0, 0.05) is 7.05 Å². The lowest BCUT2D eigenvalue weighted by Crippen LogP contribution is -2.25. The van der Waals surface area contributed by atoms with E-state index in [0.717, 1.165) is 10.5 Å². The SMILES string of the molecule is CCOc1cc(/C=C2/NC(=O)N(C)C2=O)cc(Cl)c1OCc1ccc(F)cc1. The molecule has 3 rings (SSSR count). The molecule has 1 aliphatic rings. The Kier molecular flexibility index (Phi) is 5.84. The van der Waals surface area contributed by atoms with Crippen molar-refractivity contribution >= 4 is 29.6 Å². The fraction of sp³-hybridized carbons (Fsp3) is 0.200. The van der Waals surface area contributed by atoms with Crippen LogP contribution in [0.4, 0.5) is 9.18 Å². The molecule has 1 N–H and O–H groups in total. The molecule has 0 spiro atoms. The van der Waals surface area contributed by atoms with E-state index in [9.17, 15) is 14.0 Å². The smallest absolute Gasteiger partial charge is 0.328 e. The summed E-state index contributed by atoms with van der Waals surface area (Å²) in [6, 6.07) is 8.72. The predicted octanol–water partition coefficient (Wildman–Crippen LogP) is 3.98. The molecule has 3 amide bonds. The third kappa shape index (κ3) is 4.26. The standard InChI is InChI=1S/C20H18ClFN2O4/c1-3-27-17-10-13(9-16-19(25)24(2)20(26)23-16)8-15(21)18(17)28-11-12-4-6-14(22)7-5-12/h4-10H,3,11H2,1-2H3,(H,23,26)/b16-9+. The Labute approximate surface area is 166 Å². The van der Waals surface area contributed by atoms with Crippen molar-refractivity contribution < 1.29 is 23.5 Å². The van der Waals surface area contributed by atoms with Gasteiger partial charge in [-0.1, -0.05) is 23.7 Å². The normalized spacial score (nSPS) is 15.1. The Morgan fingerprint density at radius 1 is 1.18 bits per heavy atom. The first-order valence-electron chi connectivity index (χ1n) is 8.53. The number of nitrogens with one attached hydrogen (secondary N) is 1. The van der Waals surface area contributed by atoms with Gasteiger partial charge in [0.05, 0.1) is 11.6 Å². The van der Waals surface area contributed by atoms with Crippen molar-refractivity contribution in [3.05, 3.63) is 64.1 Å². The minimum atomic E-state index is -0.494. The number of rotatable bonds is 6. The van der Waals surface area contributed by atoms with E-state index in [1.54, 1.807) is 24.3 Å². The maximum Gasteiger partial charge on any atom is 0.328 e. The van der Waals surface area contributed by atoms with Crippen molar-refractivity contribution in [1.82, 2.24) is 10.2 Å². The van der Waals surface area contributed by atoms with Crippen molar-refractivity contribution in [2.45, 2.75) is 13.5 Å². The van der Waals surface area contributed by atoms with Gasteiger partial charge in [0.25, 0.3) is 5.91 Å². The van der Waals surface area contributed by atoms with Gasteiger partial charge in [-0.3, -0.25) is 9.69 Å². The fourth-order valence-corrected chi connectivity index (χ4v) is 2.87. The van der Waals surface area contributed by atoms with Gasteiger partial charge in [-0.05, 0) is 48.4 Å². The van der Waals surface area contributed by atoms with Gasteiger partial charge in [0.1, 0.15) is 18.1 Å². The van der Waals surface area contributed by atoms with Crippen LogP contribution in [0.25, 0.3) is 6.08 Å². The molecule has 6 nitrogen and oxygen atoms in total. The number of hydrogen-bond acceptors (Lipinski definition) is 4. The van der Waals surface area contributed by atoms with E-state index in [4.69, 9.17) is 21.1 Å². The maximum absolute atomic E-state index is 13.0. The number of urea groups is 1. The highest BCUT2D eigenvalue weighted by Gasteiger charge is 2.30. The zero-order valence-electron chi connectivity index (χ0n) is 15.3. The Morgan fingerprint density at radius 2 is 1.89 bits per heavy atom. The van der Waals surface area contributed by atoms with Crippen LogP contribution in [-0.4, -0.2) is 30.5 Å². The van der Waals surface area contributed by atoms with E-state index < -0.39 is 11.9 Å². The van der Waals surface area contributed by atoms with Crippen LogP contribution in [0.2, 0.25) is 5.02 Å². The zero-order chi connectivity index (χ0) is 20.3. The molecule has 1 aliphatic heterocycles. The Morgan fingerprint density at radius 3 is 2.50 bits per heavy atom. The first kappa shape index (κ1) is 19.7. The third-order valence-corrected chi connectivity index (χ3v) is 4.30. The van der Waals surface area contributed by atoms with Gasteiger partial charge in [-0.15, -0.1) is 0 Å². The Bertz CT molecular complexity index is 944.